The highest BCUT2D eigenvalue weighted by Gasteiger charge is 2.29. The van der Waals surface area contributed by atoms with Crippen molar-refractivity contribution in [2.24, 2.45) is 0 Å². The van der Waals surface area contributed by atoms with Gasteiger partial charge >= 0.3 is 6.18 Å². The maximum atomic E-state index is 12.7. The molecule has 25 heavy (non-hydrogen) atoms. The van der Waals surface area contributed by atoms with Gasteiger partial charge in [-0.05, 0) is 55.5 Å². The first-order valence-corrected chi connectivity index (χ1v) is 7.68. The number of nitrogens with one attached hydrogen (secondary N) is 1. The Kier molecular flexibility index (Phi) is 4.43. The predicted molar refractivity (Wildman–Crippen MR) is 88.4 cm³/mol. The lowest BCUT2D eigenvalue weighted by molar-refractivity contribution is -0.137. The lowest BCUT2D eigenvalue weighted by atomic mass is 10.1. The number of nitrogens with zero attached hydrogens (tertiary/aromatic N) is 4. The maximum absolute atomic E-state index is 12.7. The number of rotatable bonds is 4. The molecule has 2 aromatic carbocycles. The van der Waals surface area contributed by atoms with Gasteiger partial charge in [-0.15, -0.1) is 10.2 Å². The number of tetrazole rings is 1. The van der Waals surface area contributed by atoms with Crippen molar-refractivity contribution in [3.05, 3.63) is 54.1 Å². The van der Waals surface area contributed by atoms with E-state index in [1.807, 2.05) is 38.1 Å². The Labute approximate surface area is 142 Å². The largest absolute Gasteiger partial charge is 0.416 e. The minimum absolute atomic E-state index is 0.0799. The van der Waals surface area contributed by atoms with Gasteiger partial charge in [0.1, 0.15) is 0 Å². The number of para-hydroxylation sites is 1. The van der Waals surface area contributed by atoms with Gasteiger partial charge in [-0.25, -0.2) is 0 Å². The van der Waals surface area contributed by atoms with Gasteiger partial charge in [0.15, 0.2) is 0 Å². The Hall–Kier alpha value is -2.90. The molecule has 1 heterocycles. The smallest absolute Gasteiger partial charge is 0.355 e. The topological polar surface area (TPSA) is 55.6 Å². The van der Waals surface area contributed by atoms with Crippen LogP contribution in [0.25, 0.3) is 11.4 Å². The third kappa shape index (κ3) is 3.78. The average Bonchev–Trinajstić information content (AvgIpc) is 3.05. The Morgan fingerprint density at radius 1 is 1.00 bits per heavy atom. The molecule has 3 rings (SSSR count). The Morgan fingerprint density at radius 3 is 2.28 bits per heavy atom. The molecule has 0 aliphatic carbocycles. The molecule has 0 atom stereocenters. The molecule has 0 fully saturated rings. The summed E-state index contributed by atoms with van der Waals surface area (Å²) in [6.45, 7) is 3.88. The fraction of sp³-hybridized carbons (Fsp3) is 0.235. The molecule has 0 bridgehead atoms. The molecule has 0 radical (unpaired) electrons. The van der Waals surface area contributed by atoms with Crippen LogP contribution in [0.1, 0.15) is 25.5 Å². The van der Waals surface area contributed by atoms with Crippen molar-refractivity contribution < 1.29 is 13.2 Å². The number of anilines is 2. The molecule has 3 aromatic rings. The molecule has 0 saturated heterocycles. The van der Waals surface area contributed by atoms with Crippen LogP contribution in [0.5, 0.6) is 0 Å². The molecule has 0 saturated carbocycles. The van der Waals surface area contributed by atoms with E-state index in [4.69, 9.17) is 0 Å². The number of benzene rings is 2. The van der Waals surface area contributed by atoms with Crippen molar-refractivity contribution >= 4 is 11.4 Å². The van der Waals surface area contributed by atoms with E-state index in [9.17, 15) is 13.2 Å². The number of halogens is 3. The van der Waals surface area contributed by atoms with Crippen LogP contribution < -0.4 is 5.32 Å². The Morgan fingerprint density at radius 2 is 1.68 bits per heavy atom. The average molecular weight is 347 g/mol. The molecular weight excluding hydrogens is 331 g/mol. The SMILES string of the molecule is CC(C)n1nnc(-c2ccccc2Nc2ccc(C(F)(F)F)cc2)n1. The lowest BCUT2D eigenvalue weighted by Crippen LogP contribution is -2.05. The number of hydrogen-bond acceptors (Lipinski definition) is 4. The van der Waals surface area contributed by atoms with Crippen molar-refractivity contribution in [2.75, 3.05) is 5.32 Å². The van der Waals surface area contributed by atoms with Crippen LogP contribution in [0.15, 0.2) is 48.5 Å². The van der Waals surface area contributed by atoms with Crippen molar-refractivity contribution in [3.63, 3.8) is 0 Å². The summed E-state index contributed by atoms with van der Waals surface area (Å²) in [6.07, 6.45) is -4.35. The van der Waals surface area contributed by atoms with E-state index in [1.165, 1.54) is 16.9 Å². The van der Waals surface area contributed by atoms with Gasteiger partial charge in [-0.2, -0.15) is 18.0 Å². The van der Waals surface area contributed by atoms with E-state index >= 15 is 0 Å². The maximum Gasteiger partial charge on any atom is 0.416 e. The second kappa shape index (κ2) is 6.54. The van der Waals surface area contributed by atoms with Crippen LogP contribution in [0.4, 0.5) is 24.5 Å². The summed E-state index contributed by atoms with van der Waals surface area (Å²) in [6, 6.07) is 12.2. The van der Waals surface area contributed by atoms with E-state index in [2.05, 4.69) is 20.7 Å². The van der Waals surface area contributed by atoms with Gasteiger partial charge in [-0.1, -0.05) is 12.1 Å². The van der Waals surface area contributed by atoms with Crippen molar-refractivity contribution in [1.82, 2.24) is 20.2 Å². The molecule has 1 N–H and O–H groups in total. The highest BCUT2D eigenvalue weighted by Crippen LogP contribution is 2.32. The summed E-state index contributed by atoms with van der Waals surface area (Å²) in [5.74, 6) is 0.448. The summed E-state index contributed by atoms with van der Waals surface area (Å²) >= 11 is 0. The molecular formula is C17H16F3N5. The van der Waals surface area contributed by atoms with Gasteiger partial charge < -0.3 is 5.32 Å². The minimum Gasteiger partial charge on any atom is -0.355 e. The normalized spacial score (nSPS) is 11.8. The Bertz CT molecular complexity index is 853. The van der Waals surface area contributed by atoms with Gasteiger partial charge in [-0.3, -0.25) is 0 Å². The van der Waals surface area contributed by atoms with E-state index in [1.54, 1.807) is 0 Å². The van der Waals surface area contributed by atoms with Gasteiger partial charge in [0.05, 0.1) is 11.6 Å². The zero-order valence-corrected chi connectivity index (χ0v) is 13.6. The molecule has 0 aliphatic heterocycles. The summed E-state index contributed by atoms with van der Waals surface area (Å²) in [5, 5.41) is 15.5. The highest BCUT2D eigenvalue weighted by molar-refractivity contribution is 5.77. The van der Waals surface area contributed by atoms with Crippen molar-refractivity contribution in [1.29, 1.82) is 0 Å². The predicted octanol–water partition coefficient (Wildman–Crippen LogP) is 4.68. The first kappa shape index (κ1) is 16.9. The molecule has 0 unspecified atom stereocenters. The molecule has 1 aromatic heterocycles. The van der Waals surface area contributed by atoms with Crippen LogP contribution in [0, 0.1) is 0 Å². The molecule has 8 heteroatoms. The van der Waals surface area contributed by atoms with Gasteiger partial charge in [0.2, 0.25) is 5.82 Å². The first-order chi connectivity index (χ1) is 11.8. The van der Waals surface area contributed by atoms with E-state index in [0.717, 1.165) is 12.1 Å². The second-order valence-corrected chi connectivity index (χ2v) is 5.77. The fourth-order valence-corrected chi connectivity index (χ4v) is 2.24. The Balaban J connectivity index is 1.88. The van der Waals surface area contributed by atoms with Crippen LogP contribution in [-0.2, 0) is 6.18 Å². The summed E-state index contributed by atoms with van der Waals surface area (Å²) < 4.78 is 38.0. The fourth-order valence-electron chi connectivity index (χ4n) is 2.24. The van der Waals surface area contributed by atoms with Gasteiger partial charge in [0, 0.05) is 16.9 Å². The summed E-state index contributed by atoms with van der Waals surface area (Å²) in [4.78, 5) is 1.50. The number of aromatic nitrogens is 4. The van der Waals surface area contributed by atoms with Crippen LogP contribution in [0.2, 0.25) is 0 Å². The molecule has 5 nitrogen and oxygen atoms in total. The first-order valence-electron chi connectivity index (χ1n) is 7.68. The van der Waals surface area contributed by atoms with E-state index < -0.39 is 11.7 Å². The quantitative estimate of drug-likeness (QED) is 0.744. The molecule has 0 amide bonds. The molecule has 0 aliphatic rings. The van der Waals surface area contributed by atoms with E-state index in [-0.39, 0.29) is 6.04 Å². The number of alkyl halides is 3. The monoisotopic (exact) mass is 347 g/mol. The number of hydrogen-bond donors (Lipinski definition) is 1. The van der Waals surface area contributed by atoms with Gasteiger partial charge in [0.25, 0.3) is 0 Å². The van der Waals surface area contributed by atoms with Crippen LogP contribution in [-0.4, -0.2) is 20.2 Å². The summed E-state index contributed by atoms with van der Waals surface area (Å²) in [5.41, 5.74) is 1.25. The van der Waals surface area contributed by atoms with Crippen molar-refractivity contribution in [3.8, 4) is 11.4 Å². The lowest BCUT2D eigenvalue weighted by Gasteiger charge is -2.11. The van der Waals surface area contributed by atoms with Crippen molar-refractivity contribution in [2.45, 2.75) is 26.1 Å². The zero-order valence-electron chi connectivity index (χ0n) is 13.6. The third-order valence-corrected chi connectivity index (χ3v) is 3.55. The van der Waals surface area contributed by atoms with E-state index in [0.29, 0.717) is 22.8 Å². The third-order valence-electron chi connectivity index (χ3n) is 3.55. The highest BCUT2D eigenvalue weighted by atomic mass is 19.4. The standard InChI is InChI=1S/C17H16F3N5/c1-11(2)25-23-16(22-24-25)14-5-3-4-6-15(14)21-13-9-7-12(8-10-13)17(18,19)20/h3-11,21H,1-2H3. The zero-order chi connectivity index (χ0) is 18.0. The second-order valence-electron chi connectivity index (χ2n) is 5.77. The molecule has 130 valence electrons. The minimum atomic E-state index is -4.35. The molecule has 0 spiro atoms. The van der Waals surface area contributed by atoms with Crippen LogP contribution >= 0.6 is 0 Å². The van der Waals surface area contributed by atoms with Crippen LogP contribution in [0.3, 0.4) is 0 Å². The summed E-state index contributed by atoms with van der Waals surface area (Å²) in [7, 11) is 0.